The molecule has 0 amide bonds. The standard InChI is InChI=1S/C45H27N3OS/c1-3-10-28(11-4-1)30-14-9-15-33(24-30)44-46-43(29-12-5-2-6-13-29)47-45(48-44)34-18-21-35-37-25-31(19-22-39(37)49-40(35)27-34)32-20-23-42-38(26-32)36-16-7-8-17-41(36)50-42/h1-27H. The van der Waals surface area contributed by atoms with E-state index in [0.29, 0.717) is 17.5 Å². The summed E-state index contributed by atoms with van der Waals surface area (Å²) in [5, 5.41) is 4.74. The number of furan rings is 1. The second-order valence-corrected chi connectivity index (χ2v) is 13.5. The minimum atomic E-state index is 0.596. The first-order chi connectivity index (χ1) is 24.7. The van der Waals surface area contributed by atoms with Crippen LogP contribution in [-0.4, -0.2) is 15.0 Å². The highest BCUT2D eigenvalue weighted by atomic mass is 32.1. The molecule has 0 unspecified atom stereocenters. The molecule has 3 aromatic heterocycles. The van der Waals surface area contributed by atoms with Gasteiger partial charge in [-0.05, 0) is 70.8 Å². The van der Waals surface area contributed by atoms with Gasteiger partial charge in [0.15, 0.2) is 17.5 Å². The van der Waals surface area contributed by atoms with Crippen molar-refractivity contribution in [3.05, 3.63) is 164 Å². The van der Waals surface area contributed by atoms with Crippen molar-refractivity contribution in [2.45, 2.75) is 0 Å². The quantitative estimate of drug-likeness (QED) is 0.185. The van der Waals surface area contributed by atoms with Gasteiger partial charge in [-0.2, -0.15) is 0 Å². The zero-order valence-electron chi connectivity index (χ0n) is 26.7. The van der Waals surface area contributed by atoms with Crippen molar-refractivity contribution in [1.82, 2.24) is 15.0 Å². The molecule has 0 spiro atoms. The molecule has 10 rings (SSSR count). The maximum Gasteiger partial charge on any atom is 0.164 e. The van der Waals surface area contributed by atoms with Crippen LogP contribution in [0.4, 0.5) is 0 Å². The zero-order chi connectivity index (χ0) is 33.0. The summed E-state index contributed by atoms with van der Waals surface area (Å²) in [6, 6.07) is 56.9. The molecule has 7 aromatic carbocycles. The maximum absolute atomic E-state index is 6.45. The summed E-state index contributed by atoms with van der Waals surface area (Å²) < 4.78 is 9.06. The molecule has 10 aromatic rings. The van der Waals surface area contributed by atoms with Crippen LogP contribution in [0.3, 0.4) is 0 Å². The van der Waals surface area contributed by atoms with Gasteiger partial charge in [-0.15, -0.1) is 11.3 Å². The lowest BCUT2D eigenvalue weighted by molar-refractivity contribution is 0.669. The Balaban J connectivity index is 1.07. The lowest BCUT2D eigenvalue weighted by Gasteiger charge is -2.09. The first kappa shape index (κ1) is 28.6. The first-order valence-electron chi connectivity index (χ1n) is 16.6. The van der Waals surface area contributed by atoms with E-state index in [4.69, 9.17) is 19.4 Å². The summed E-state index contributed by atoms with van der Waals surface area (Å²) in [5.74, 6) is 1.84. The third-order valence-electron chi connectivity index (χ3n) is 9.33. The Morgan fingerprint density at radius 1 is 0.320 bits per heavy atom. The Kier molecular flexibility index (Phi) is 6.64. The highest BCUT2D eigenvalue weighted by Gasteiger charge is 2.16. The highest BCUT2D eigenvalue weighted by Crippen LogP contribution is 2.39. The molecule has 0 aliphatic rings. The molecule has 0 saturated carbocycles. The molecule has 4 nitrogen and oxygen atoms in total. The first-order valence-corrected chi connectivity index (χ1v) is 17.4. The number of thiophene rings is 1. The number of nitrogens with zero attached hydrogens (tertiary/aromatic N) is 3. The number of fused-ring (bicyclic) bond motifs is 6. The van der Waals surface area contributed by atoms with Gasteiger partial charge >= 0.3 is 0 Å². The van der Waals surface area contributed by atoms with Crippen molar-refractivity contribution in [1.29, 1.82) is 0 Å². The Labute approximate surface area is 292 Å². The van der Waals surface area contributed by atoms with E-state index in [-0.39, 0.29) is 0 Å². The van der Waals surface area contributed by atoms with E-state index in [1.807, 2.05) is 53.8 Å². The Hall–Kier alpha value is -6.43. The number of hydrogen-bond acceptors (Lipinski definition) is 5. The topological polar surface area (TPSA) is 51.8 Å². The summed E-state index contributed by atoms with van der Waals surface area (Å²) in [5.41, 5.74) is 8.98. The van der Waals surface area contributed by atoms with Crippen molar-refractivity contribution in [3.63, 3.8) is 0 Å². The van der Waals surface area contributed by atoms with Crippen LogP contribution in [0.5, 0.6) is 0 Å². The van der Waals surface area contributed by atoms with Crippen molar-refractivity contribution < 1.29 is 4.42 Å². The molecule has 50 heavy (non-hydrogen) atoms. The van der Waals surface area contributed by atoms with Crippen molar-refractivity contribution in [3.8, 4) is 56.4 Å². The van der Waals surface area contributed by atoms with E-state index >= 15 is 0 Å². The molecule has 0 fully saturated rings. The Morgan fingerprint density at radius 2 is 0.880 bits per heavy atom. The lowest BCUT2D eigenvalue weighted by Crippen LogP contribution is -2.00. The van der Waals surface area contributed by atoms with Crippen LogP contribution in [-0.2, 0) is 0 Å². The molecule has 234 valence electrons. The van der Waals surface area contributed by atoms with E-state index < -0.39 is 0 Å². The molecule has 3 heterocycles. The second kappa shape index (κ2) is 11.6. The fourth-order valence-corrected chi connectivity index (χ4v) is 7.91. The van der Waals surface area contributed by atoms with Crippen LogP contribution in [0.15, 0.2) is 168 Å². The average molecular weight is 658 g/mol. The maximum atomic E-state index is 6.45. The van der Waals surface area contributed by atoms with E-state index in [2.05, 4.69) is 121 Å². The van der Waals surface area contributed by atoms with Crippen LogP contribution >= 0.6 is 11.3 Å². The lowest BCUT2D eigenvalue weighted by atomic mass is 10.0. The molecule has 0 N–H and O–H groups in total. The fraction of sp³-hybridized carbons (Fsp3) is 0. The molecule has 0 aliphatic carbocycles. The number of aromatic nitrogens is 3. The van der Waals surface area contributed by atoms with Crippen LogP contribution in [0.25, 0.3) is 98.5 Å². The van der Waals surface area contributed by atoms with Crippen molar-refractivity contribution >= 4 is 53.4 Å². The molecule has 5 heteroatoms. The summed E-state index contributed by atoms with van der Waals surface area (Å²) in [6.45, 7) is 0. The highest BCUT2D eigenvalue weighted by molar-refractivity contribution is 7.25. The van der Waals surface area contributed by atoms with Gasteiger partial charge < -0.3 is 4.42 Å². The summed E-state index contributed by atoms with van der Waals surface area (Å²) in [6.07, 6.45) is 0. The Morgan fingerprint density at radius 3 is 1.68 bits per heavy atom. The smallest absolute Gasteiger partial charge is 0.164 e. The van der Waals surface area contributed by atoms with Gasteiger partial charge in [0.2, 0.25) is 0 Å². The molecular weight excluding hydrogens is 631 g/mol. The van der Waals surface area contributed by atoms with E-state index in [0.717, 1.165) is 55.3 Å². The van der Waals surface area contributed by atoms with Gasteiger partial charge in [0, 0.05) is 47.6 Å². The van der Waals surface area contributed by atoms with Crippen LogP contribution in [0.2, 0.25) is 0 Å². The van der Waals surface area contributed by atoms with Crippen molar-refractivity contribution in [2.24, 2.45) is 0 Å². The minimum Gasteiger partial charge on any atom is -0.456 e. The molecular formula is C45H27N3OS. The molecule has 0 bridgehead atoms. The van der Waals surface area contributed by atoms with Crippen molar-refractivity contribution in [2.75, 3.05) is 0 Å². The van der Waals surface area contributed by atoms with Crippen LogP contribution < -0.4 is 0 Å². The SMILES string of the molecule is c1ccc(-c2cccc(-c3nc(-c4ccccc4)nc(-c4ccc5c(c4)oc4ccc(-c6ccc7sc8ccccc8c7c6)cc45)n3)c2)cc1. The van der Waals surface area contributed by atoms with Gasteiger partial charge in [-0.25, -0.2) is 15.0 Å². The second-order valence-electron chi connectivity index (χ2n) is 12.5. The zero-order valence-corrected chi connectivity index (χ0v) is 27.6. The largest absolute Gasteiger partial charge is 0.456 e. The minimum absolute atomic E-state index is 0.596. The molecule has 0 aliphatic heterocycles. The normalized spacial score (nSPS) is 11.6. The van der Waals surface area contributed by atoms with Crippen LogP contribution in [0, 0.1) is 0 Å². The summed E-state index contributed by atoms with van der Waals surface area (Å²) in [7, 11) is 0. The monoisotopic (exact) mass is 657 g/mol. The van der Waals surface area contributed by atoms with Gasteiger partial charge in [-0.1, -0.05) is 115 Å². The molecule has 0 radical (unpaired) electrons. The van der Waals surface area contributed by atoms with Gasteiger partial charge in [0.1, 0.15) is 11.2 Å². The number of hydrogen-bond donors (Lipinski definition) is 0. The van der Waals surface area contributed by atoms with E-state index in [9.17, 15) is 0 Å². The summed E-state index contributed by atoms with van der Waals surface area (Å²) >= 11 is 1.84. The van der Waals surface area contributed by atoms with Gasteiger partial charge in [0.05, 0.1) is 0 Å². The number of benzene rings is 7. The van der Waals surface area contributed by atoms with Crippen LogP contribution in [0.1, 0.15) is 0 Å². The average Bonchev–Trinajstić information content (AvgIpc) is 3.75. The van der Waals surface area contributed by atoms with Gasteiger partial charge in [-0.3, -0.25) is 0 Å². The number of rotatable bonds is 5. The van der Waals surface area contributed by atoms with E-state index in [1.54, 1.807) is 0 Å². The third-order valence-corrected chi connectivity index (χ3v) is 10.5. The fourth-order valence-electron chi connectivity index (χ4n) is 6.82. The van der Waals surface area contributed by atoms with E-state index in [1.165, 1.54) is 25.7 Å². The summed E-state index contributed by atoms with van der Waals surface area (Å²) in [4.78, 5) is 15.0. The third kappa shape index (κ3) is 4.95. The predicted molar refractivity (Wildman–Crippen MR) is 207 cm³/mol. The Bertz CT molecular complexity index is 2870. The molecule has 0 atom stereocenters. The molecule has 0 saturated heterocycles. The predicted octanol–water partition coefficient (Wildman–Crippen LogP) is 12.5. The van der Waals surface area contributed by atoms with Gasteiger partial charge in [0.25, 0.3) is 0 Å².